The number of nitrogens with zero attached hydrogens (tertiary/aromatic N) is 1. The molecule has 0 aromatic rings. The summed E-state index contributed by atoms with van der Waals surface area (Å²) in [7, 11) is 0. The van der Waals surface area contributed by atoms with Crippen molar-refractivity contribution in [2.45, 2.75) is 25.7 Å². The van der Waals surface area contributed by atoms with Crippen LogP contribution in [0.5, 0.6) is 0 Å². The van der Waals surface area contributed by atoms with Gasteiger partial charge in [-0.05, 0) is 19.3 Å². The molecule has 0 radical (unpaired) electrons. The molecule has 0 aromatic carbocycles. The van der Waals surface area contributed by atoms with E-state index in [1.54, 1.807) is 0 Å². The van der Waals surface area contributed by atoms with Gasteiger partial charge >= 0.3 is 0 Å². The summed E-state index contributed by atoms with van der Waals surface area (Å²) >= 11 is 1.89. The third-order valence-electron chi connectivity index (χ3n) is 1.70. The highest BCUT2D eigenvalue weighted by molar-refractivity contribution is 8.14. The van der Waals surface area contributed by atoms with Crippen LogP contribution in [-0.4, -0.2) is 29.1 Å². The first kappa shape index (κ1) is 9.07. The lowest BCUT2D eigenvalue weighted by Gasteiger charge is -1.97. The predicted molar refractivity (Wildman–Crippen MR) is 50.3 cm³/mol. The summed E-state index contributed by atoms with van der Waals surface area (Å²) < 4.78 is 0. The van der Waals surface area contributed by atoms with E-state index >= 15 is 0 Å². The van der Waals surface area contributed by atoms with Gasteiger partial charge < -0.3 is 5.11 Å². The predicted octanol–water partition coefficient (Wildman–Crippen LogP) is 1.68. The van der Waals surface area contributed by atoms with Crippen molar-refractivity contribution in [3.8, 4) is 0 Å². The molecule has 2 nitrogen and oxygen atoms in total. The van der Waals surface area contributed by atoms with Crippen LogP contribution in [0.25, 0.3) is 0 Å². The van der Waals surface area contributed by atoms with E-state index in [0.29, 0.717) is 6.61 Å². The first-order valence-corrected chi connectivity index (χ1v) is 5.19. The first-order valence-electron chi connectivity index (χ1n) is 4.20. The summed E-state index contributed by atoms with van der Waals surface area (Å²) in [6, 6.07) is 0. The third kappa shape index (κ3) is 3.77. The number of thioether (sulfide) groups is 1. The summed E-state index contributed by atoms with van der Waals surface area (Å²) in [5.74, 6) is 1.18. The van der Waals surface area contributed by atoms with Gasteiger partial charge in [0.25, 0.3) is 0 Å². The van der Waals surface area contributed by atoms with E-state index in [-0.39, 0.29) is 0 Å². The van der Waals surface area contributed by atoms with Gasteiger partial charge in [0.2, 0.25) is 0 Å². The number of aliphatic imine (C=N–C) groups is 1. The van der Waals surface area contributed by atoms with Crippen molar-refractivity contribution in [3.63, 3.8) is 0 Å². The van der Waals surface area contributed by atoms with E-state index in [2.05, 4.69) is 4.99 Å². The van der Waals surface area contributed by atoms with Crippen LogP contribution >= 0.6 is 11.8 Å². The highest BCUT2D eigenvalue weighted by Gasteiger charge is 2.05. The smallest absolute Gasteiger partial charge is 0.0676 e. The average Bonchev–Trinajstić information content (AvgIpc) is 2.50. The van der Waals surface area contributed by atoms with Crippen molar-refractivity contribution in [1.29, 1.82) is 0 Å². The van der Waals surface area contributed by atoms with Crippen molar-refractivity contribution >= 4 is 16.8 Å². The van der Waals surface area contributed by atoms with Crippen LogP contribution in [-0.2, 0) is 0 Å². The lowest BCUT2D eigenvalue weighted by molar-refractivity contribution is 0.283. The van der Waals surface area contributed by atoms with E-state index in [1.165, 1.54) is 17.2 Å². The molecule has 0 spiro atoms. The summed E-state index contributed by atoms with van der Waals surface area (Å²) in [5.41, 5.74) is 0. The average molecular weight is 173 g/mol. The fourth-order valence-corrected chi connectivity index (χ4v) is 1.98. The molecule has 3 heteroatoms. The van der Waals surface area contributed by atoms with Crippen LogP contribution in [0.3, 0.4) is 0 Å². The van der Waals surface area contributed by atoms with Crippen LogP contribution in [0.15, 0.2) is 4.99 Å². The Balaban J connectivity index is 1.94. The second kappa shape index (κ2) is 5.61. The number of hydrogen-bond acceptors (Lipinski definition) is 3. The van der Waals surface area contributed by atoms with Crippen LogP contribution < -0.4 is 0 Å². The Morgan fingerprint density at radius 1 is 1.36 bits per heavy atom. The maximum Gasteiger partial charge on any atom is 0.0676 e. The number of hydrogen-bond donors (Lipinski definition) is 1. The summed E-state index contributed by atoms with van der Waals surface area (Å²) in [4.78, 5) is 4.35. The number of aliphatic hydroxyl groups excluding tert-OH is 1. The van der Waals surface area contributed by atoms with E-state index < -0.39 is 0 Å². The van der Waals surface area contributed by atoms with Crippen molar-refractivity contribution in [2.75, 3.05) is 18.9 Å². The van der Waals surface area contributed by atoms with E-state index in [0.717, 1.165) is 25.8 Å². The second-order valence-electron chi connectivity index (χ2n) is 2.66. The van der Waals surface area contributed by atoms with Gasteiger partial charge in [-0.25, -0.2) is 0 Å². The third-order valence-corrected chi connectivity index (χ3v) is 2.75. The number of aliphatic hydroxyl groups is 1. The standard InChI is InChI=1S/C8H15NOS/c10-6-3-1-2-4-8-9-5-7-11-8/h10H,1-7H2. The Kier molecular flexibility index (Phi) is 4.62. The maximum atomic E-state index is 8.52. The molecule has 0 atom stereocenters. The topological polar surface area (TPSA) is 32.6 Å². The fourth-order valence-electron chi connectivity index (χ4n) is 1.10. The van der Waals surface area contributed by atoms with Gasteiger partial charge in [-0.3, -0.25) is 4.99 Å². The Hall–Kier alpha value is -0.0200. The minimum absolute atomic E-state index is 0.333. The van der Waals surface area contributed by atoms with Crippen molar-refractivity contribution in [1.82, 2.24) is 0 Å². The Morgan fingerprint density at radius 2 is 2.27 bits per heavy atom. The molecule has 0 saturated carbocycles. The highest BCUT2D eigenvalue weighted by atomic mass is 32.2. The minimum Gasteiger partial charge on any atom is -0.396 e. The van der Waals surface area contributed by atoms with Gasteiger partial charge in [0.05, 0.1) is 5.04 Å². The van der Waals surface area contributed by atoms with Crippen molar-refractivity contribution in [2.24, 2.45) is 4.99 Å². The number of rotatable bonds is 5. The molecule has 1 aliphatic rings. The second-order valence-corrected chi connectivity index (χ2v) is 3.83. The lowest BCUT2D eigenvalue weighted by atomic mass is 10.2. The zero-order chi connectivity index (χ0) is 7.94. The lowest BCUT2D eigenvalue weighted by Crippen LogP contribution is -1.89. The SMILES string of the molecule is OCCCCCC1=NCCS1. The molecule has 0 unspecified atom stereocenters. The van der Waals surface area contributed by atoms with Crippen LogP contribution in [0.1, 0.15) is 25.7 Å². The van der Waals surface area contributed by atoms with Gasteiger partial charge in [-0.15, -0.1) is 11.8 Å². The largest absolute Gasteiger partial charge is 0.396 e. The van der Waals surface area contributed by atoms with Gasteiger partial charge in [0.1, 0.15) is 0 Å². The number of unbranched alkanes of at least 4 members (excludes halogenated alkanes) is 2. The van der Waals surface area contributed by atoms with E-state index in [9.17, 15) is 0 Å². The molecule has 11 heavy (non-hydrogen) atoms. The first-order chi connectivity index (χ1) is 5.43. The quantitative estimate of drug-likeness (QED) is 0.642. The normalized spacial score (nSPS) is 17.0. The van der Waals surface area contributed by atoms with Crippen LogP contribution in [0.4, 0.5) is 0 Å². The van der Waals surface area contributed by atoms with Crippen LogP contribution in [0, 0.1) is 0 Å². The monoisotopic (exact) mass is 173 g/mol. The Labute approximate surface area is 72.1 Å². The molecular formula is C8H15NOS. The molecule has 0 aliphatic carbocycles. The highest BCUT2D eigenvalue weighted by Crippen LogP contribution is 2.16. The van der Waals surface area contributed by atoms with Gasteiger partial charge in [0.15, 0.2) is 0 Å². The molecular weight excluding hydrogens is 158 g/mol. The van der Waals surface area contributed by atoms with E-state index in [1.807, 2.05) is 11.8 Å². The maximum absolute atomic E-state index is 8.52. The molecule has 1 heterocycles. The molecule has 1 rings (SSSR count). The Morgan fingerprint density at radius 3 is 2.91 bits per heavy atom. The van der Waals surface area contributed by atoms with Crippen LogP contribution in [0.2, 0.25) is 0 Å². The van der Waals surface area contributed by atoms with Gasteiger partial charge in [-0.1, -0.05) is 6.42 Å². The minimum atomic E-state index is 0.333. The summed E-state index contributed by atoms with van der Waals surface area (Å²) in [5, 5.41) is 9.84. The molecule has 0 saturated heterocycles. The summed E-state index contributed by atoms with van der Waals surface area (Å²) in [6.07, 6.45) is 4.39. The molecule has 1 aliphatic heterocycles. The van der Waals surface area contributed by atoms with Crippen molar-refractivity contribution < 1.29 is 5.11 Å². The van der Waals surface area contributed by atoms with Gasteiger partial charge in [-0.2, -0.15) is 0 Å². The summed E-state index contributed by atoms with van der Waals surface area (Å²) in [6.45, 7) is 1.35. The van der Waals surface area contributed by atoms with Crippen molar-refractivity contribution in [3.05, 3.63) is 0 Å². The molecule has 0 aromatic heterocycles. The molecule has 1 N–H and O–H groups in total. The zero-order valence-corrected chi connectivity index (χ0v) is 7.57. The molecule has 64 valence electrons. The molecule has 0 amide bonds. The van der Waals surface area contributed by atoms with Gasteiger partial charge in [0, 0.05) is 18.9 Å². The van der Waals surface area contributed by atoms with E-state index in [4.69, 9.17) is 5.11 Å². The fraction of sp³-hybridized carbons (Fsp3) is 0.875. The Bertz CT molecular complexity index is 136. The molecule has 0 bridgehead atoms. The zero-order valence-electron chi connectivity index (χ0n) is 6.75. The molecule has 0 fully saturated rings.